The minimum atomic E-state index is 0.0650. The lowest BCUT2D eigenvalue weighted by Gasteiger charge is -2.13. The number of aryl methyl sites for hydroxylation is 1. The number of amides is 1. The van der Waals surface area contributed by atoms with Crippen LogP contribution in [0.1, 0.15) is 43.5 Å². The Morgan fingerprint density at radius 1 is 1.24 bits per heavy atom. The second-order valence-corrected chi connectivity index (χ2v) is 6.14. The molecule has 0 radical (unpaired) electrons. The number of carbonyl (C=O) groups is 1. The average molecular weight is 335 g/mol. The second kappa shape index (κ2) is 7.31. The molecular weight excluding hydrogens is 314 g/mol. The van der Waals surface area contributed by atoms with Crippen molar-refractivity contribution in [1.82, 2.24) is 10.2 Å². The highest BCUT2D eigenvalue weighted by atomic mass is 16.2. The van der Waals surface area contributed by atoms with Gasteiger partial charge in [-0.15, -0.1) is 5.10 Å². The highest BCUT2D eigenvalue weighted by Gasteiger charge is 2.29. The first-order valence-corrected chi connectivity index (χ1v) is 8.62. The van der Waals surface area contributed by atoms with Crippen LogP contribution in [0.5, 0.6) is 0 Å². The van der Waals surface area contributed by atoms with E-state index in [-0.39, 0.29) is 11.8 Å². The average Bonchev–Trinajstić information content (AvgIpc) is 3.46. The smallest absolute Gasteiger partial charge is 0.227 e. The summed E-state index contributed by atoms with van der Waals surface area (Å²) in [6.07, 6.45) is 3.41. The lowest BCUT2D eigenvalue weighted by atomic mass is 10.0. The van der Waals surface area contributed by atoms with Crippen molar-refractivity contribution >= 4 is 23.1 Å². The summed E-state index contributed by atoms with van der Waals surface area (Å²) in [5.74, 6) is 0.666. The van der Waals surface area contributed by atoms with Gasteiger partial charge in [-0.1, -0.05) is 19.9 Å². The predicted molar refractivity (Wildman–Crippen MR) is 96.6 cm³/mol. The highest BCUT2D eigenvalue weighted by Crippen LogP contribution is 2.31. The van der Waals surface area contributed by atoms with E-state index in [4.69, 9.17) is 0 Å². The summed E-state index contributed by atoms with van der Waals surface area (Å²) in [5, 5.41) is 24.1. The Morgan fingerprint density at radius 3 is 2.64 bits per heavy atom. The number of hydrogen-bond acceptors (Lipinski definition) is 5. The number of nitriles is 1. The summed E-state index contributed by atoms with van der Waals surface area (Å²) < 4.78 is 0. The summed E-state index contributed by atoms with van der Waals surface area (Å²) in [5.41, 5.74) is 3.80. The monoisotopic (exact) mass is 335 g/mol. The van der Waals surface area contributed by atoms with E-state index in [2.05, 4.69) is 26.9 Å². The first-order chi connectivity index (χ1) is 12.2. The maximum atomic E-state index is 11.9. The number of carbonyl (C=O) groups excluding carboxylic acids is 1. The van der Waals surface area contributed by atoms with Crippen molar-refractivity contribution < 1.29 is 4.79 Å². The third-order valence-electron chi connectivity index (χ3n) is 4.30. The first-order valence-electron chi connectivity index (χ1n) is 8.62. The molecule has 2 N–H and O–H groups in total. The molecule has 3 rings (SSSR count). The minimum absolute atomic E-state index is 0.0650. The van der Waals surface area contributed by atoms with Crippen LogP contribution >= 0.6 is 0 Å². The van der Waals surface area contributed by atoms with Crippen molar-refractivity contribution in [1.29, 1.82) is 5.26 Å². The molecule has 0 bridgehead atoms. The van der Waals surface area contributed by atoms with Gasteiger partial charge in [0, 0.05) is 17.3 Å². The van der Waals surface area contributed by atoms with Gasteiger partial charge in [0.25, 0.3) is 0 Å². The van der Waals surface area contributed by atoms with Gasteiger partial charge in [0.15, 0.2) is 5.82 Å². The maximum absolute atomic E-state index is 11.9. The molecule has 25 heavy (non-hydrogen) atoms. The lowest BCUT2D eigenvalue weighted by molar-refractivity contribution is -0.117. The van der Waals surface area contributed by atoms with E-state index < -0.39 is 0 Å². The van der Waals surface area contributed by atoms with Crippen LogP contribution in [0, 0.1) is 17.2 Å². The van der Waals surface area contributed by atoms with E-state index in [1.54, 1.807) is 0 Å². The van der Waals surface area contributed by atoms with Gasteiger partial charge in [-0.25, -0.2) is 0 Å². The molecule has 1 aliphatic carbocycles. The Balaban J connectivity index is 1.85. The number of rotatable bonds is 6. The van der Waals surface area contributed by atoms with Crippen molar-refractivity contribution in [2.75, 3.05) is 10.6 Å². The fourth-order valence-corrected chi connectivity index (χ4v) is 2.78. The largest absolute Gasteiger partial charge is 0.338 e. The summed E-state index contributed by atoms with van der Waals surface area (Å²) in [4.78, 5) is 11.9. The molecular formula is C19H21N5O. The van der Waals surface area contributed by atoms with Crippen molar-refractivity contribution in [3.63, 3.8) is 0 Å². The molecule has 0 atom stereocenters. The number of hydrogen-bond donors (Lipinski definition) is 2. The quantitative estimate of drug-likeness (QED) is 0.842. The van der Waals surface area contributed by atoms with E-state index in [0.29, 0.717) is 11.4 Å². The van der Waals surface area contributed by atoms with E-state index in [1.165, 1.54) is 0 Å². The van der Waals surface area contributed by atoms with Crippen molar-refractivity contribution in [3.05, 3.63) is 41.1 Å². The Bertz CT molecular complexity index is 836. The molecule has 1 amide bonds. The number of nitrogens with zero attached hydrogens (tertiary/aromatic N) is 3. The van der Waals surface area contributed by atoms with Gasteiger partial charge in [0.2, 0.25) is 5.91 Å². The SMILES string of the molecule is CCc1nnc(Nc2cccc(NC(=O)C3CC3)c2)c(C#N)c1CC. The summed E-state index contributed by atoms with van der Waals surface area (Å²) in [6, 6.07) is 9.65. The standard InChI is InChI=1S/C19H21N5O/c1-3-15-16(11-20)18(24-23-17(15)4-2)21-13-6-5-7-14(10-13)22-19(25)12-8-9-12/h5-7,10,12H,3-4,8-9H2,1-2H3,(H,21,24)(H,22,25). The van der Waals surface area contributed by atoms with Gasteiger partial charge in [-0.3, -0.25) is 4.79 Å². The van der Waals surface area contributed by atoms with Gasteiger partial charge >= 0.3 is 0 Å². The number of aromatic nitrogens is 2. The number of anilines is 3. The van der Waals surface area contributed by atoms with Crippen LogP contribution in [0.2, 0.25) is 0 Å². The molecule has 1 aromatic carbocycles. The third kappa shape index (κ3) is 3.77. The van der Waals surface area contributed by atoms with Crippen LogP contribution in [-0.4, -0.2) is 16.1 Å². The maximum Gasteiger partial charge on any atom is 0.227 e. The van der Waals surface area contributed by atoms with Crippen molar-refractivity contribution in [3.8, 4) is 6.07 Å². The molecule has 1 fully saturated rings. The minimum Gasteiger partial charge on any atom is -0.338 e. The topological polar surface area (TPSA) is 90.7 Å². The Labute approximate surface area is 147 Å². The summed E-state index contributed by atoms with van der Waals surface area (Å²) in [7, 11) is 0. The zero-order valence-electron chi connectivity index (χ0n) is 14.5. The normalized spacial score (nSPS) is 13.2. The second-order valence-electron chi connectivity index (χ2n) is 6.14. The molecule has 1 heterocycles. The van der Waals surface area contributed by atoms with E-state index in [0.717, 1.165) is 48.3 Å². The molecule has 0 saturated heterocycles. The van der Waals surface area contributed by atoms with Crippen molar-refractivity contribution in [2.45, 2.75) is 39.5 Å². The molecule has 0 unspecified atom stereocenters. The molecule has 1 aliphatic rings. The van der Waals surface area contributed by atoms with E-state index >= 15 is 0 Å². The van der Waals surface area contributed by atoms with Gasteiger partial charge in [0.1, 0.15) is 11.6 Å². The van der Waals surface area contributed by atoms with Crippen LogP contribution in [-0.2, 0) is 17.6 Å². The summed E-state index contributed by atoms with van der Waals surface area (Å²) in [6.45, 7) is 4.01. The zero-order chi connectivity index (χ0) is 17.8. The molecule has 0 aliphatic heterocycles. The molecule has 1 saturated carbocycles. The van der Waals surface area contributed by atoms with E-state index in [9.17, 15) is 10.1 Å². The van der Waals surface area contributed by atoms with Crippen molar-refractivity contribution in [2.24, 2.45) is 5.92 Å². The zero-order valence-corrected chi connectivity index (χ0v) is 14.5. The Kier molecular flexibility index (Phi) is 4.94. The van der Waals surface area contributed by atoms with Crippen LogP contribution in [0.3, 0.4) is 0 Å². The summed E-state index contributed by atoms with van der Waals surface area (Å²) >= 11 is 0. The fourth-order valence-electron chi connectivity index (χ4n) is 2.78. The first kappa shape index (κ1) is 16.9. The Hall–Kier alpha value is -2.94. The molecule has 0 spiro atoms. The molecule has 2 aromatic rings. The van der Waals surface area contributed by atoms with Gasteiger partial charge in [-0.2, -0.15) is 10.4 Å². The van der Waals surface area contributed by atoms with Crippen LogP contribution in [0.15, 0.2) is 24.3 Å². The molecule has 6 heteroatoms. The van der Waals surface area contributed by atoms with Gasteiger partial charge < -0.3 is 10.6 Å². The fraction of sp³-hybridized carbons (Fsp3) is 0.368. The number of benzene rings is 1. The molecule has 1 aromatic heterocycles. The van der Waals surface area contributed by atoms with Crippen LogP contribution < -0.4 is 10.6 Å². The van der Waals surface area contributed by atoms with Gasteiger partial charge in [-0.05, 0) is 49.4 Å². The predicted octanol–water partition coefficient (Wildman–Crippen LogP) is 3.57. The Morgan fingerprint density at radius 2 is 2.00 bits per heavy atom. The lowest BCUT2D eigenvalue weighted by Crippen LogP contribution is -2.13. The number of nitrogens with one attached hydrogen (secondary N) is 2. The van der Waals surface area contributed by atoms with Crippen LogP contribution in [0.25, 0.3) is 0 Å². The van der Waals surface area contributed by atoms with E-state index in [1.807, 2.05) is 38.1 Å². The van der Waals surface area contributed by atoms with Gasteiger partial charge in [0.05, 0.1) is 5.69 Å². The highest BCUT2D eigenvalue weighted by molar-refractivity contribution is 5.94. The third-order valence-corrected chi connectivity index (χ3v) is 4.30. The van der Waals surface area contributed by atoms with Crippen LogP contribution in [0.4, 0.5) is 17.2 Å². The molecule has 6 nitrogen and oxygen atoms in total. The molecule has 128 valence electrons.